The van der Waals surface area contributed by atoms with E-state index in [1.807, 2.05) is 0 Å². The normalized spacial score (nSPS) is 26.2. The standard InChI is InChI=1S/C10H13NO6/c12-4-6(13)5-16-10(15)1-7-3-11-8(14)2-9(11)17-7/h1,6,9,12-13H,2-5H2/b7-1+. The zero-order valence-corrected chi connectivity index (χ0v) is 9.04. The van der Waals surface area contributed by atoms with E-state index in [1.54, 1.807) is 0 Å². The van der Waals surface area contributed by atoms with Gasteiger partial charge in [0.05, 0.1) is 25.6 Å². The number of carbonyl (C=O) groups excluding carboxylic acids is 2. The molecule has 2 aliphatic heterocycles. The fourth-order valence-corrected chi connectivity index (χ4v) is 1.58. The molecule has 2 aliphatic rings. The highest BCUT2D eigenvalue weighted by molar-refractivity contribution is 5.85. The van der Waals surface area contributed by atoms with Gasteiger partial charge in [0.2, 0.25) is 5.91 Å². The Labute approximate surface area is 97.2 Å². The molecule has 0 radical (unpaired) electrons. The number of rotatable bonds is 4. The first-order valence-electron chi connectivity index (χ1n) is 5.22. The van der Waals surface area contributed by atoms with Gasteiger partial charge < -0.3 is 19.7 Å². The van der Waals surface area contributed by atoms with Gasteiger partial charge in [0, 0.05) is 0 Å². The Hall–Kier alpha value is -1.60. The molecular formula is C10H13NO6. The topological polar surface area (TPSA) is 96.3 Å². The predicted molar refractivity (Wildman–Crippen MR) is 53.3 cm³/mol. The van der Waals surface area contributed by atoms with Gasteiger partial charge in [-0.15, -0.1) is 0 Å². The maximum absolute atomic E-state index is 11.3. The predicted octanol–water partition coefficient (Wildman–Crippen LogP) is -1.64. The summed E-state index contributed by atoms with van der Waals surface area (Å²) < 4.78 is 9.95. The smallest absolute Gasteiger partial charge is 0.334 e. The summed E-state index contributed by atoms with van der Waals surface area (Å²) in [5, 5.41) is 17.5. The van der Waals surface area contributed by atoms with Crippen LogP contribution < -0.4 is 0 Å². The van der Waals surface area contributed by atoms with E-state index in [0.717, 1.165) is 6.08 Å². The molecule has 0 aromatic rings. The van der Waals surface area contributed by atoms with Crippen LogP contribution in [0, 0.1) is 0 Å². The Kier molecular flexibility index (Phi) is 3.30. The number of aliphatic hydroxyl groups is 2. The number of aliphatic hydroxyl groups excluding tert-OH is 2. The highest BCUT2D eigenvalue weighted by Gasteiger charge is 2.43. The van der Waals surface area contributed by atoms with E-state index in [4.69, 9.17) is 14.9 Å². The lowest BCUT2D eigenvalue weighted by Gasteiger charge is -2.30. The number of hydrogen-bond donors (Lipinski definition) is 2. The Morgan fingerprint density at radius 3 is 3.06 bits per heavy atom. The zero-order valence-electron chi connectivity index (χ0n) is 9.04. The summed E-state index contributed by atoms with van der Waals surface area (Å²) in [4.78, 5) is 23.8. The molecule has 2 fully saturated rings. The molecule has 2 N–H and O–H groups in total. The SMILES string of the molecule is O=C(/C=C1\CN2C(=O)CC2O1)OCC(O)CO. The van der Waals surface area contributed by atoms with Crippen LogP contribution in [0.25, 0.3) is 0 Å². The Morgan fingerprint density at radius 2 is 2.47 bits per heavy atom. The molecular weight excluding hydrogens is 230 g/mol. The van der Waals surface area contributed by atoms with Crippen LogP contribution >= 0.6 is 0 Å². The summed E-state index contributed by atoms with van der Waals surface area (Å²) in [5.74, 6) is -0.283. The minimum Gasteiger partial charge on any atom is -0.472 e. The van der Waals surface area contributed by atoms with E-state index < -0.39 is 18.7 Å². The van der Waals surface area contributed by atoms with Crippen LogP contribution in [-0.4, -0.2) is 59.1 Å². The number of nitrogens with zero attached hydrogens (tertiary/aromatic N) is 1. The number of amides is 1. The summed E-state index contributed by atoms with van der Waals surface area (Å²) in [7, 11) is 0. The van der Waals surface area contributed by atoms with Gasteiger partial charge in [0.15, 0.2) is 6.23 Å². The Morgan fingerprint density at radius 1 is 1.71 bits per heavy atom. The molecule has 2 atom stereocenters. The molecule has 2 rings (SSSR count). The maximum Gasteiger partial charge on any atom is 0.334 e. The molecule has 0 aliphatic carbocycles. The quantitative estimate of drug-likeness (QED) is 0.349. The number of hydrogen-bond acceptors (Lipinski definition) is 6. The number of fused-ring (bicyclic) bond motifs is 1. The molecule has 94 valence electrons. The van der Waals surface area contributed by atoms with Crippen molar-refractivity contribution in [2.24, 2.45) is 0 Å². The van der Waals surface area contributed by atoms with Crippen LogP contribution in [0.15, 0.2) is 11.8 Å². The Bertz CT molecular complexity index is 366. The van der Waals surface area contributed by atoms with Crippen molar-refractivity contribution in [3.63, 3.8) is 0 Å². The number of β-lactam (4-membered cyclic amide) rings is 1. The van der Waals surface area contributed by atoms with Crippen LogP contribution in [-0.2, 0) is 19.1 Å². The van der Waals surface area contributed by atoms with Gasteiger partial charge in [0.1, 0.15) is 18.5 Å². The van der Waals surface area contributed by atoms with Crippen molar-refractivity contribution >= 4 is 11.9 Å². The fraction of sp³-hybridized carbons (Fsp3) is 0.600. The van der Waals surface area contributed by atoms with Gasteiger partial charge in [-0.2, -0.15) is 0 Å². The van der Waals surface area contributed by atoms with E-state index in [2.05, 4.69) is 4.74 Å². The second-order valence-electron chi connectivity index (χ2n) is 3.88. The molecule has 0 aromatic heterocycles. The lowest BCUT2D eigenvalue weighted by atomic mass is 10.2. The molecule has 7 heteroatoms. The first-order valence-corrected chi connectivity index (χ1v) is 5.22. The van der Waals surface area contributed by atoms with E-state index in [9.17, 15) is 9.59 Å². The van der Waals surface area contributed by atoms with Crippen LogP contribution in [0.4, 0.5) is 0 Å². The molecule has 2 heterocycles. The molecule has 2 saturated heterocycles. The molecule has 7 nitrogen and oxygen atoms in total. The van der Waals surface area contributed by atoms with Crippen molar-refractivity contribution in [1.82, 2.24) is 4.90 Å². The van der Waals surface area contributed by atoms with E-state index in [-0.39, 0.29) is 25.3 Å². The first kappa shape index (κ1) is 11.9. The highest BCUT2D eigenvalue weighted by Crippen LogP contribution is 2.30. The second kappa shape index (κ2) is 4.72. The lowest BCUT2D eigenvalue weighted by Crippen LogP contribution is -2.48. The largest absolute Gasteiger partial charge is 0.472 e. The van der Waals surface area contributed by atoms with E-state index in [1.165, 1.54) is 4.90 Å². The Balaban J connectivity index is 1.80. The minimum atomic E-state index is -1.08. The summed E-state index contributed by atoms with van der Waals surface area (Å²) >= 11 is 0. The zero-order chi connectivity index (χ0) is 12.4. The van der Waals surface area contributed by atoms with Gasteiger partial charge in [-0.05, 0) is 0 Å². The maximum atomic E-state index is 11.3. The summed E-state index contributed by atoms with van der Waals surface area (Å²) in [6, 6.07) is 0. The van der Waals surface area contributed by atoms with E-state index in [0.29, 0.717) is 12.2 Å². The minimum absolute atomic E-state index is 0.00229. The number of carbonyl (C=O) groups is 2. The molecule has 2 unspecified atom stereocenters. The van der Waals surface area contributed by atoms with Crippen molar-refractivity contribution in [2.75, 3.05) is 19.8 Å². The molecule has 0 saturated carbocycles. The fourth-order valence-electron chi connectivity index (χ4n) is 1.58. The van der Waals surface area contributed by atoms with Crippen LogP contribution in [0.3, 0.4) is 0 Å². The van der Waals surface area contributed by atoms with Gasteiger partial charge in [-0.25, -0.2) is 4.79 Å². The van der Waals surface area contributed by atoms with Crippen LogP contribution in [0.1, 0.15) is 6.42 Å². The van der Waals surface area contributed by atoms with Gasteiger partial charge >= 0.3 is 5.97 Å². The summed E-state index contributed by atoms with van der Waals surface area (Å²) in [6.07, 6.45) is 0.165. The van der Waals surface area contributed by atoms with Crippen molar-refractivity contribution < 1.29 is 29.3 Å². The first-order chi connectivity index (χ1) is 8.10. The number of ether oxygens (including phenoxy) is 2. The summed E-state index contributed by atoms with van der Waals surface area (Å²) in [5.41, 5.74) is 0. The van der Waals surface area contributed by atoms with Crippen molar-refractivity contribution in [2.45, 2.75) is 18.8 Å². The van der Waals surface area contributed by atoms with Crippen molar-refractivity contribution in [1.29, 1.82) is 0 Å². The third kappa shape index (κ3) is 2.56. The van der Waals surface area contributed by atoms with Crippen molar-refractivity contribution in [3.05, 3.63) is 11.8 Å². The average molecular weight is 243 g/mol. The summed E-state index contributed by atoms with van der Waals surface area (Å²) in [6.45, 7) is -0.461. The average Bonchev–Trinajstić information content (AvgIpc) is 2.63. The lowest BCUT2D eigenvalue weighted by molar-refractivity contribution is -0.154. The molecule has 0 aromatic carbocycles. The number of esters is 1. The molecule has 0 spiro atoms. The van der Waals surface area contributed by atoms with Gasteiger partial charge in [-0.1, -0.05) is 0 Å². The highest BCUT2D eigenvalue weighted by atomic mass is 16.5. The third-order valence-electron chi connectivity index (χ3n) is 2.54. The van der Waals surface area contributed by atoms with Crippen LogP contribution in [0.2, 0.25) is 0 Å². The van der Waals surface area contributed by atoms with E-state index >= 15 is 0 Å². The van der Waals surface area contributed by atoms with Gasteiger partial charge in [0.25, 0.3) is 0 Å². The molecule has 1 amide bonds. The monoisotopic (exact) mass is 243 g/mol. The second-order valence-corrected chi connectivity index (χ2v) is 3.88. The molecule has 17 heavy (non-hydrogen) atoms. The molecule has 0 bridgehead atoms. The third-order valence-corrected chi connectivity index (χ3v) is 2.54. The van der Waals surface area contributed by atoms with Crippen LogP contribution in [0.5, 0.6) is 0 Å². The van der Waals surface area contributed by atoms with Crippen molar-refractivity contribution in [3.8, 4) is 0 Å². The van der Waals surface area contributed by atoms with Gasteiger partial charge in [-0.3, -0.25) is 9.69 Å².